The molecule has 0 saturated carbocycles. The molecule has 0 radical (unpaired) electrons. The van der Waals surface area contributed by atoms with E-state index in [1.54, 1.807) is 31.2 Å². The van der Waals surface area contributed by atoms with Crippen LogP contribution in [0, 0.1) is 5.92 Å². The number of benzene rings is 3. The molecular weight excluding hydrogens is 572 g/mol. The third kappa shape index (κ3) is 7.01. The smallest absolute Gasteiger partial charge is 0.407 e. The number of rotatable bonds is 10. The van der Waals surface area contributed by atoms with E-state index in [-0.39, 0.29) is 31.0 Å². The third-order valence-corrected chi connectivity index (χ3v) is 8.54. The van der Waals surface area contributed by atoms with Gasteiger partial charge < -0.3 is 30.7 Å². The molecule has 0 bridgehead atoms. The second-order valence-corrected chi connectivity index (χ2v) is 12.0. The predicted molar refractivity (Wildman–Crippen MR) is 170 cm³/mol. The summed E-state index contributed by atoms with van der Waals surface area (Å²) in [5, 5.41) is 17.5. The molecule has 4 N–H and O–H groups in total. The van der Waals surface area contributed by atoms with Gasteiger partial charge in [-0.15, -0.1) is 0 Å². The Labute approximate surface area is 263 Å². The maximum absolute atomic E-state index is 13.4. The largest absolute Gasteiger partial charge is 0.449 e. The van der Waals surface area contributed by atoms with Crippen LogP contribution in [-0.4, -0.2) is 65.1 Å². The first-order chi connectivity index (χ1) is 21.7. The fourth-order valence-electron chi connectivity index (χ4n) is 6.13. The highest BCUT2D eigenvalue weighted by Gasteiger charge is 2.38. The predicted octanol–water partition coefficient (Wildman–Crippen LogP) is 4.18. The third-order valence-electron chi connectivity index (χ3n) is 8.54. The van der Waals surface area contributed by atoms with Crippen molar-refractivity contribution < 1.29 is 29.0 Å². The van der Waals surface area contributed by atoms with Gasteiger partial charge in [-0.3, -0.25) is 14.4 Å². The molecule has 3 aromatic rings. The van der Waals surface area contributed by atoms with Gasteiger partial charge in [-0.1, -0.05) is 74.5 Å². The fourth-order valence-corrected chi connectivity index (χ4v) is 6.13. The standard InChI is InChI=1S/C35H40N4O6/c1-21(2)31(33(42)37-24-16-14-23(19-40)15-17-24)38-32(41)30-13-8-18-39(30)34(43)22(3)36-35(44)45-20-29-27-11-6-4-9-25(27)26-10-5-7-12-28(26)29/h4-7,9-12,14-17,21-22,29-31,40H,8,13,18-20H2,1-3H3,(H,36,44)(H,37,42)(H,38,41)/t22-,30-,31-/m0/s1. The number of aliphatic hydroxyl groups is 1. The summed E-state index contributed by atoms with van der Waals surface area (Å²) in [4.78, 5) is 54.1. The van der Waals surface area contributed by atoms with Crippen molar-refractivity contribution >= 4 is 29.5 Å². The molecule has 1 heterocycles. The Morgan fingerprint density at radius 3 is 2.11 bits per heavy atom. The quantitative estimate of drug-likeness (QED) is 0.271. The molecule has 10 nitrogen and oxygen atoms in total. The molecule has 0 aromatic heterocycles. The van der Waals surface area contributed by atoms with Gasteiger partial charge >= 0.3 is 6.09 Å². The number of aliphatic hydroxyl groups excluding tert-OH is 1. The minimum absolute atomic E-state index is 0.102. The van der Waals surface area contributed by atoms with Crippen molar-refractivity contribution in [3.8, 4) is 11.1 Å². The molecule has 2 aliphatic rings. The van der Waals surface area contributed by atoms with Crippen molar-refractivity contribution in [2.45, 2.75) is 64.3 Å². The molecule has 4 amide bonds. The monoisotopic (exact) mass is 612 g/mol. The lowest BCUT2D eigenvalue weighted by molar-refractivity contribution is -0.140. The van der Waals surface area contributed by atoms with Crippen LogP contribution in [0.5, 0.6) is 0 Å². The van der Waals surface area contributed by atoms with Gasteiger partial charge in [-0.05, 0) is 65.6 Å². The zero-order chi connectivity index (χ0) is 32.1. The zero-order valence-electron chi connectivity index (χ0n) is 25.8. The van der Waals surface area contributed by atoms with Crippen LogP contribution < -0.4 is 16.0 Å². The van der Waals surface area contributed by atoms with Gasteiger partial charge in [0, 0.05) is 18.2 Å². The average Bonchev–Trinajstić information content (AvgIpc) is 3.66. The van der Waals surface area contributed by atoms with E-state index in [1.165, 1.54) is 4.90 Å². The van der Waals surface area contributed by atoms with Crippen molar-refractivity contribution in [2.24, 2.45) is 5.92 Å². The summed E-state index contributed by atoms with van der Waals surface area (Å²) < 4.78 is 5.61. The molecule has 0 unspecified atom stereocenters. The van der Waals surface area contributed by atoms with Crippen molar-refractivity contribution in [3.63, 3.8) is 0 Å². The second kappa shape index (κ2) is 13.9. The molecule has 5 rings (SSSR count). The summed E-state index contributed by atoms with van der Waals surface area (Å²) in [6, 6.07) is 20.4. The van der Waals surface area contributed by atoms with E-state index in [4.69, 9.17) is 4.74 Å². The fraction of sp³-hybridized carbons (Fsp3) is 0.371. The van der Waals surface area contributed by atoms with Gasteiger partial charge in [0.2, 0.25) is 17.7 Å². The van der Waals surface area contributed by atoms with Crippen LogP contribution in [0.15, 0.2) is 72.8 Å². The molecule has 1 aliphatic heterocycles. The van der Waals surface area contributed by atoms with E-state index >= 15 is 0 Å². The van der Waals surface area contributed by atoms with E-state index < -0.39 is 36.0 Å². The van der Waals surface area contributed by atoms with Gasteiger partial charge in [0.15, 0.2) is 0 Å². The normalized spacial score (nSPS) is 16.8. The molecule has 1 aliphatic carbocycles. The summed E-state index contributed by atoms with van der Waals surface area (Å²) in [6.07, 6.45) is 0.364. The molecule has 1 fully saturated rings. The molecule has 236 valence electrons. The number of anilines is 1. The first-order valence-electron chi connectivity index (χ1n) is 15.4. The summed E-state index contributed by atoms with van der Waals surface area (Å²) in [6.45, 7) is 5.62. The Morgan fingerprint density at radius 2 is 1.51 bits per heavy atom. The summed E-state index contributed by atoms with van der Waals surface area (Å²) >= 11 is 0. The number of hydrogen-bond acceptors (Lipinski definition) is 6. The number of alkyl carbamates (subject to hydrolysis) is 1. The molecule has 1 saturated heterocycles. The summed E-state index contributed by atoms with van der Waals surface area (Å²) in [7, 11) is 0. The maximum Gasteiger partial charge on any atom is 0.407 e. The van der Waals surface area contributed by atoms with Crippen molar-refractivity contribution in [3.05, 3.63) is 89.5 Å². The van der Waals surface area contributed by atoms with Crippen LogP contribution >= 0.6 is 0 Å². The van der Waals surface area contributed by atoms with E-state index in [1.807, 2.05) is 50.2 Å². The summed E-state index contributed by atoms with van der Waals surface area (Å²) in [5.74, 6) is -1.51. The van der Waals surface area contributed by atoms with Crippen molar-refractivity contribution in [1.29, 1.82) is 0 Å². The highest BCUT2D eigenvalue weighted by Crippen LogP contribution is 2.44. The van der Waals surface area contributed by atoms with Crippen molar-refractivity contribution in [2.75, 3.05) is 18.5 Å². The summed E-state index contributed by atoms with van der Waals surface area (Å²) in [5.41, 5.74) is 5.69. The maximum atomic E-state index is 13.4. The van der Waals surface area contributed by atoms with E-state index in [2.05, 4.69) is 28.1 Å². The van der Waals surface area contributed by atoms with Crippen LogP contribution in [-0.2, 0) is 25.7 Å². The second-order valence-electron chi connectivity index (χ2n) is 12.0. The number of carbonyl (C=O) groups is 4. The minimum Gasteiger partial charge on any atom is -0.449 e. The van der Waals surface area contributed by atoms with Crippen LogP contribution in [0.25, 0.3) is 11.1 Å². The lowest BCUT2D eigenvalue weighted by Gasteiger charge is -2.29. The highest BCUT2D eigenvalue weighted by molar-refractivity contribution is 5.99. The first kappa shape index (κ1) is 31.7. The van der Waals surface area contributed by atoms with Gasteiger partial charge in [0.25, 0.3) is 0 Å². The van der Waals surface area contributed by atoms with E-state index in [9.17, 15) is 24.3 Å². The van der Waals surface area contributed by atoms with Crippen LogP contribution in [0.1, 0.15) is 56.2 Å². The Bertz CT molecular complexity index is 1510. The van der Waals surface area contributed by atoms with Crippen LogP contribution in [0.2, 0.25) is 0 Å². The van der Waals surface area contributed by atoms with E-state index in [0.29, 0.717) is 25.1 Å². The molecule has 10 heteroatoms. The Kier molecular flexibility index (Phi) is 9.83. The SMILES string of the molecule is CC(C)[C@H](NC(=O)[C@@H]1CCCN1C(=O)[C@H](C)NC(=O)OCC1c2ccccc2-c2ccccc21)C(=O)Nc1ccc(CO)cc1. The molecule has 3 atom stereocenters. The zero-order valence-corrected chi connectivity index (χ0v) is 25.8. The van der Waals surface area contributed by atoms with Crippen molar-refractivity contribution in [1.82, 2.24) is 15.5 Å². The number of likely N-dealkylation sites (tertiary alicyclic amines) is 1. The Hall–Kier alpha value is -4.70. The number of amides is 4. The van der Waals surface area contributed by atoms with Crippen LogP contribution in [0.3, 0.4) is 0 Å². The minimum atomic E-state index is -0.917. The van der Waals surface area contributed by atoms with Gasteiger partial charge in [0.05, 0.1) is 6.61 Å². The van der Waals surface area contributed by atoms with Gasteiger partial charge in [-0.2, -0.15) is 0 Å². The number of carbonyl (C=O) groups excluding carboxylic acids is 4. The van der Waals surface area contributed by atoms with E-state index in [0.717, 1.165) is 27.8 Å². The molecular formula is C35H40N4O6. The lowest BCUT2D eigenvalue weighted by Crippen LogP contribution is -2.56. The number of nitrogens with zero attached hydrogens (tertiary/aromatic N) is 1. The van der Waals surface area contributed by atoms with Gasteiger partial charge in [-0.25, -0.2) is 4.79 Å². The molecule has 3 aromatic carbocycles. The number of ether oxygens (including phenoxy) is 1. The Morgan fingerprint density at radius 1 is 0.889 bits per heavy atom. The highest BCUT2D eigenvalue weighted by atomic mass is 16.5. The number of hydrogen-bond donors (Lipinski definition) is 4. The Balaban J connectivity index is 1.16. The molecule has 0 spiro atoms. The lowest BCUT2D eigenvalue weighted by atomic mass is 9.98. The van der Waals surface area contributed by atoms with Gasteiger partial charge in [0.1, 0.15) is 24.7 Å². The van der Waals surface area contributed by atoms with Crippen LogP contribution in [0.4, 0.5) is 10.5 Å². The number of nitrogens with one attached hydrogen (secondary N) is 3. The first-order valence-corrected chi connectivity index (χ1v) is 15.4. The number of fused-ring (bicyclic) bond motifs is 3. The topological polar surface area (TPSA) is 137 Å². The average molecular weight is 613 g/mol. The molecule has 45 heavy (non-hydrogen) atoms.